The molecule has 0 unspecified atom stereocenters. The number of benzene rings is 1. The van der Waals surface area contributed by atoms with Crippen molar-refractivity contribution in [2.75, 3.05) is 24.5 Å². The summed E-state index contributed by atoms with van der Waals surface area (Å²) in [5.41, 5.74) is 6.86. The molecule has 3 heterocycles. The number of ether oxygens (including phenoxy) is 1. The number of halogens is 3. The molecular formula is C21H20F3N5O3S. The summed E-state index contributed by atoms with van der Waals surface area (Å²) in [6.07, 6.45) is -1.63. The molecule has 33 heavy (non-hydrogen) atoms. The monoisotopic (exact) mass is 479 g/mol. The highest BCUT2D eigenvalue weighted by Gasteiger charge is 2.31. The molecule has 0 saturated carbocycles. The van der Waals surface area contributed by atoms with Crippen molar-refractivity contribution in [3.63, 3.8) is 0 Å². The van der Waals surface area contributed by atoms with Crippen LogP contribution in [0.5, 0.6) is 5.75 Å². The number of hydrogen-bond donors (Lipinski definition) is 2. The van der Waals surface area contributed by atoms with Crippen LogP contribution in [-0.4, -0.2) is 47.1 Å². The fourth-order valence-corrected chi connectivity index (χ4v) is 4.26. The number of hydrogen-bond acceptors (Lipinski definition) is 8. The van der Waals surface area contributed by atoms with Gasteiger partial charge in [-0.25, -0.2) is 9.97 Å². The first-order valence-electron chi connectivity index (χ1n) is 10.2. The molecule has 2 aromatic rings. The zero-order chi connectivity index (χ0) is 23.6. The molecule has 2 fully saturated rings. The number of piperidine rings is 1. The molecule has 3 N–H and O–H groups in total. The van der Waals surface area contributed by atoms with Gasteiger partial charge in [0.2, 0.25) is 5.95 Å². The van der Waals surface area contributed by atoms with Gasteiger partial charge < -0.3 is 15.4 Å². The summed E-state index contributed by atoms with van der Waals surface area (Å²) in [6.45, 7) is 1.94. The predicted molar refractivity (Wildman–Crippen MR) is 117 cm³/mol. The van der Waals surface area contributed by atoms with Gasteiger partial charge in [0, 0.05) is 18.7 Å². The van der Waals surface area contributed by atoms with E-state index in [1.165, 1.54) is 24.3 Å². The average molecular weight is 479 g/mol. The Morgan fingerprint density at radius 2 is 1.97 bits per heavy atom. The summed E-state index contributed by atoms with van der Waals surface area (Å²) in [7, 11) is 0. The molecule has 1 aromatic heterocycles. The molecule has 174 valence electrons. The number of nitrogens with two attached hydrogens (primary N) is 1. The van der Waals surface area contributed by atoms with Gasteiger partial charge in [-0.15, -0.1) is 13.2 Å². The van der Waals surface area contributed by atoms with Crippen LogP contribution in [0, 0.1) is 5.92 Å². The number of nitrogens with zero attached hydrogens (tertiary/aromatic N) is 3. The van der Waals surface area contributed by atoms with Crippen molar-refractivity contribution < 1.29 is 27.5 Å². The standard InChI is InChI=1S/C21H20F3N5O3S/c22-21(23,24)32-15-3-1-2-13(8-15)16-9-14(10-17-18(30)28-20(31)33-17)26-19(27-16)29-6-4-12(11-25)5-7-29/h1-3,8-10,12H,4-7,11,25H2,(H,28,30,31). The van der Waals surface area contributed by atoms with Gasteiger partial charge in [0.15, 0.2) is 0 Å². The van der Waals surface area contributed by atoms with Gasteiger partial charge in [-0.3, -0.25) is 14.9 Å². The largest absolute Gasteiger partial charge is 0.573 e. The Labute approximate surface area is 191 Å². The second-order valence-corrected chi connectivity index (χ2v) is 8.59. The van der Waals surface area contributed by atoms with E-state index in [0.717, 1.165) is 24.6 Å². The molecule has 0 spiro atoms. The quantitative estimate of drug-likeness (QED) is 0.627. The number of aromatic nitrogens is 2. The van der Waals surface area contributed by atoms with E-state index in [1.54, 1.807) is 12.1 Å². The van der Waals surface area contributed by atoms with Gasteiger partial charge in [-0.05, 0) is 61.3 Å². The highest BCUT2D eigenvalue weighted by Crippen LogP contribution is 2.31. The Balaban J connectivity index is 1.72. The van der Waals surface area contributed by atoms with E-state index < -0.39 is 17.5 Å². The first-order valence-corrected chi connectivity index (χ1v) is 11.0. The molecule has 0 aliphatic carbocycles. The number of amides is 2. The molecule has 8 nitrogen and oxygen atoms in total. The van der Waals surface area contributed by atoms with Crippen LogP contribution in [0.1, 0.15) is 18.5 Å². The third-order valence-corrected chi connectivity index (χ3v) is 6.06. The van der Waals surface area contributed by atoms with Crippen molar-refractivity contribution in [3.05, 3.63) is 40.9 Å². The van der Waals surface area contributed by atoms with Gasteiger partial charge in [-0.1, -0.05) is 12.1 Å². The number of anilines is 1. The molecule has 1 aromatic carbocycles. The van der Waals surface area contributed by atoms with E-state index >= 15 is 0 Å². The molecule has 12 heteroatoms. The summed E-state index contributed by atoms with van der Waals surface area (Å²) in [5, 5.41) is 1.70. The zero-order valence-corrected chi connectivity index (χ0v) is 18.1. The van der Waals surface area contributed by atoms with Crippen molar-refractivity contribution in [2.24, 2.45) is 11.7 Å². The van der Waals surface area contributed by atoms with Crippen LogP contribution in [0.25, 0.3) is 17.3 Å². The summed E-state index contributed by atoms with van der Waals surface area (Å²) in [5.74, 6) is -0.116. The van der Waals surface area contributed by atoms with Gasteiger partial charge in [0.25, 0.3) is 11.1 Å². The summed E-state index contributed by atoms with van der Waals surface area (Å²) < 4.78 is 42.0. The van der Waals surface area contributed by atoms with E-state index in [-0.39, 0.29) is 10.7 Å². The first-order chi connectivity index (χ1) is 15.7. The third-order valence-electron chi connectivity index (χ3n) is 5.25. The van der Waals surface area contributed by atoms with E-state index in [1.807, 2.05) is 4.90 Å². The zero-order valence-electron chi connectivity index (χ0n) is 17.3. The number of carbonyl (C=O) groups is 2. The lowest BCUT2D eigenvalue weighted by molar-refractivity contribution is -0.274. The number of alkyl halides is 3. The minimum absolute atomic E-state index is 0.173. The molecule has 2 amide bonds. The van der Waals surface area contributed by atoms with Gasteiger partial charge >= 0.3 is 6.36 Å². The van der Waals surface area contributed by atoms with Crippen molar-refractivity contribution >= 4 is 34.9 Å². The van der Waals surface area contributed by atoms with Gasteiger partial charge in [-0.2, -0.15) is 0 Å². The summed E-state index contributed by atoms with van der Waals surface area (Å²) >= 11 is 0.752. The van der Waals surface area contributed by atoms with Crippen LogP contribution >= 0.6 is 11.8 Å². The molecule has 2 aliphatic rings. The molecule has 0 bridgehead atoms. The lowest BCUT2D eigenvalue weighted by atomic mass is 9.97. The lowest BCUT2D eigenvalue weighted by Gasteiger charge is -2.31. The fraction of sp³-hybridized carbons (Fsp3) is 0.333. The first kappa shape index (κ1) is 23.1. The number of imide groups is 1. The average Bonchev–Trinajstić information content (AvgIpc) is 3.09. The Morgan fingerprint density at radius 1 is 1.21 bits per heavy atom. The number of thioether (sulfide) groups is 1. The van der Waals surface area contributed by atoms with Crippen LogP contribution in [-0.2, 0) is 4.79 Å². The predicted octanol–water partition coefficient (Wildman–Crippen LogP) is 3.54. The van der Waals surface area contributed by atoms with Crippen molar-refractivity contribution in [2.45, 2.75) is 19.2 Å². The summed E-state index contributed by atoms with van der Waals surface area (Å²) in [6, 6.07) is 7.02. The van der Waals surface area contributed by atoms with Crippen molar-refractivity contribution in [1.82, 2.24) is 15.3 Å². The Hall–Kier alpha value is -3.12. The lowest BCUT2D eigenvalue weighted by Crippen LogP contribution is -2.37. The molecule has 2 aliphatic heterocycles. The van der Waals surface area contributed by atoms with Gasteiger partial charge in [0.05, 0.1) is 16.3 Å². The van der Waals surface area contributed by atoms with Crippen LogP contribution in [0.15, 0.2) is 35.2 Å². The van der Waals surface area contributed by atoms with Crippen LogP contribution in [0.4, 0.5) is 23.9 Å². The van der Waals surface area contributed by atoms with E-state index in [2.05, 4.69) is 20.0 Å². The maximum atomic E-state index is 12.7. The maximum absolute atomic E-state index is 12.7. The summed E-state index contributed by atoms with van der Waals surface area (Å²) in [4.78, 5) is 34.7. The second kappa shape index (κ2) is 9.40. The van der Waals surface area contributed by atoms with E-state index in [0.29, 0.717) is 48.5 Å². The minimum atomic E-state index is -4.82. The number of nitrogens with one attached hydrogen (secondary N) is 1. The molecule has 4 rings (SSSR count). The Morgan fingerprint density at radius 3 is 2.61 bits per heavy atom. The van der Waals surface area contributed by atoms with Crippen LogP contribution in [0.3, 0.4) is 0 Å². The number of rotatable bonds is 5. The van der Waals surface area contributed by atoms with E-state index in [4.69, 9.17) is 5.73 Å². The third kappa shape index (κ3) is 5.82. The van der Waals surface area contributed by atoms with Crippen LogP contribution in [0.2, 0.25) is 0 Å². The molecular weight excluding hydrogens is 459 g/mol. The van der Waals surface area contributed by atoms with Gasteiger partial charge in [0.1, 0.15) is 5.75 Å². The highest BCUT2D eigenvalue weighted by atomic mass is 32.2. The second-order valence-electron chi connectivity index (χ2n) is 7.57. The molecule has 2 saturated heterocycles. The number of carbonyl (C=O) groups excluding carboxylic acids is 2. The topological polar surface area (TPSA) is 110 Å². The fourth-order valence-electron chi connectivity index (χ4n) is 3.59. The maximum Gasteiger partial charge on any atom is 0.573 e. The molecule has 0 radical (unpaired) electrons. The highest BCUT2D eigenvalue weighted by molar-refractivity contribution is 8.18. The molecule has 0 atom stereocenters. The Bertz CT molecular complexity index is 1100. The van der Waals surface area contributed by atoms with Crippen LogP contribution < -0.4 is 20.7 Å². The van der Waals surface area contributed by atoms with E-state index in [9.17, 15) is 22.8 Å². The Kier molecular flexibility index (Phi) is 6.56. The van der Waals surface area contributed by atoms with Crippen molar-refractivity contribution in [1.29, 1.82) is 0 Å². The van der Waals surface area contributed by atoms with Crippen molar-refractivity contribution in [3.8, 4) is 17.0 Å². The normalized spacial score (nSPS) is 18.7. The SMILES string of the molecule is NCC1CCN(c2nc(C=C3SC(=O)NC3=O)cc(-c3cccc(OC(F)(F)F)c3)n2)CC1. The smallest absolute Gasteiger partial charge is 0.406 e. The minimum Gasteiger partial charge on any atom is -0.406 e.